The Kier molecular flexibility index (Phi) is 28.1. The molecule has 0 aliphatic carbocycles. The summed E-state index contributed by atoms with van der Waals surface area (Å²) in [6, 6.07) is 0. The summed E-state index contributed by atoms with van der Waals surface area (Å²) >= 11 is 0. The van der Waals surface area contributed by atoms with Gasteiger partial charge in [0.15, 0.2) is 6.10 Å². The lowest BCUT2D eigenvalue weighted by Crippen LogP contribution is -2.29. The van der Waals surface area contributed by atoms with Gasteiger partial charge in [-0.05, 0) is 51.4 Å². The summed E-state index contributed by atoms with van der Waals surface area (Å²) in [6.45, 7) is 3.54. The highest BCUT2D eigenvalue weighted by molar-refractivity contribution is 7.46. The van der Waals surface area contributed by atoms with Crippen molar-refractivity contribution in [3.8, 4) is 0 Å². The van der Waals surface area contributed by atoms with Crippen molar-refractivity contribution < 1.29 is 37.9 Å². The van der Waals surface area contributed by atoms with Crippen LogP contribution in [0.15, 0.2) is 36.5 Å². The molecule has 1 unspecified atom stereocenters. The quantitative estimate of drug-likeness (QED) is 0.0371. The molecule has 0 heterocycles. The Balaban J connectivity index is 4.15. The molecule has 0 radical (unpaired) electrons. The molecule has 1 atom stereocenters. The molecule has 0 amide bonds. The van der Waals surface area contributed by atoms with Crippen LogP contribution in [0.1, 0.15) is 142 Å². The number of hydrogen-bond donors (Lipinski definition) is 2. The lowest BCUT2D eigenvalue weighted by molar-refractivity contribution is -0.161. The summed E-state index contributed by atoms with van der Waals surface area (Å²) in [5.74, 6) is -0.979. The third-order valence-electron chi connectivity index (χ3n) is 6.64. The molecule has 0 aromatic rings. The zero-order valence-electron chi connectivity index (χ0n) is 26.4. The molecule has 0 aliphatic heterocycles. The number of carbonyl (C=O) groups excluding carboxylic acids is 2. The van der Waals surface area contributed by atoms with Crippen LogP contribution in [0.5, 0.6) is 0 Å². The monoisotopic (exact) mass is 614 g/mol. The van der Waals surface area contributed by atoms with E-state index in [2.05, 4.69) is 42.7 Å². The van der Waals surface area contributed by atoms with Crippen molar-refractivity contribution >= 4 is 19.8 Å². The third kappa shape index (κ3) is 31.2. The van der Waals surface area contributed by atoms with Gasteiger partial charge in [0.05, 0.1) is 6.61 Å². The zero-order chi connectivity index (χ0) is 31.2. The van der Waals surface area contributed by atoms with Crippen molar-refractivity contribution in [3.05, 3.63) is 36.5 Å². The Morgan fingerprint density at radius 1 is 0.619 bits per heavy atom. The van der Waals surface area contributed by atoms with Crippen LogP contribution >= 0.6 is 7.82 Å². The average molecular weight is 615 g/mol. The first-order valence-electron chi connectivity index (χ1n) is 16.3. The van der Waals surface area contributed by atoms with E-state index in [9.17, 15) is 14.2 Å². The van der Waals surface area contributed by atoms with E-state index >= 15 is 0 Å². The number of esters is 2. The van der Waals surface area contributed by atoms with Gasteiger partial charge in [-0.15, -0.1) is 0 Å². The molecular weight excluding hydrogens is 555 g/mol. The van der Waals surface area contributed by atoms with Gasteiger partial charge in [0.1, 0.15) is 6.61 Å². The minimum Gasteiger partial charge on any atom is -0.462 e. The van der Waals surface area contributed by atoms with E-state index in [-0.39, 0.29) is 19.4 Å². The number of ether oxygens (including phenoxy) is 2. The van der Waals surface area contributed by atoms with Crippen LogP contribution in [0.25, 0.3) is 0 Å². The normalized spacial score (nSPS) is 13.0. The Labute approximate surface area is 255 Å². The van der Waals surface area contributed by atoms with Crippen LogP contribution in [-0.2, 0) is 28.2 Å². The van der Waals surface area contributed by atoms with E-state index < -0.39 is 32.5 Å². The van der Waals surface area contributed by atoms with E-state index in [1.807, 2.05) is 12.2 Å². The molecular formula is C33H59O8P. The molecule has 244 valence electrons. The maximum absolute atomic E-state index is 12.2. The molecule has 0 saturated heterocycles. The SMILES string of the molecule is CCCC/C=C/CCCCCCCC(=O)OCC(COP(=O)(O)O)OC(=O)CC/C=C/C/C=C/CCCCCCCC. The van der Waals surface area contributed by atoms with Crippen LogP contribution in [0.4, 0.5) is 0 Å². The smallest absolute Gasteiger partial charge is 0.462 e. The number of rotatable bonds is 29. The van der Waals surface area contributed by atoms with Gasteiger partial charge in [-0.25, -0.2) is 4.57 Å². The fourth-order valence-corrected chi connectivity index (χ4v) is 4.53. The van der Waals surface area contributed by atoms with Crippen molar-refractivity contribution in [1.82, 2.24) is 0 Å². The molecule has 2 N–H and O–H groups in total. The topological polar surface area (TPSA) is 119 Å². The number of unbranched alkanes of at least 4 members (excludes halogenated alkanes) is 13. The van der Waals surface area contributed by atoms with E-state index in [1.165, 1.54) is 51.4 Å². The summed E-state index contributed by atoms with van der Waals surface area (Å²) in [7, 11) is -4.76. The average Bonchev–Trinajstić information content (AvgIpc) is 2.95. The van der Waals surface area contributed by atoms with E-state index in [4.69, 9.17) is 19.3 Å². The molecule has 0 spiro atoms. The fraction of sp³-hybridized carbons (Fsp3) is 0.758. The van der Waals surface area contributed by atoms with Crippen molar-refractivity contribution in [2.75, 3.05) is 13.2 Å². The maximum atomic E-state index is 12.2. The predicted octanol–water partition coefficient (Wildman–Crippen LogP) is 9.06. The van der Waals surface area contributed by atoms with Gasteiger partial charge < -0.3 is 19.3 Å². The summed E-state index contributed by atoms with van der Waals surface area (Å²) in [4.78, 5) is 42.4. The summed E-state index contributed by atoms with van der Waals surface area (Å²) in [5.41, 5.74) is 0. The van der Waals surface area contributed by atoms with Crippen LogP contribution in [0.2, 0.25) is 0 Å². The fourth-order valence-electron chi connectivity index (χ4n) is 4.17. The highest BCUT2D eigenvalue weighted by atomic mass is 31.2. The molecule has 0 rings (SSSR count). The minimum atomic E-state index is -4.76. The van der Waals surface area contributed by atoms with Crippen molar-refractivity contribution in [2.24, 2.45) is 0 Å². The van der Waals surface area contributed by atoms with Gasteiger partial charge >= 0.3 is 19.8 Å². The van der Waals surface area contributed by atoms with E-state index in [0.29, 0.717) is 12.8 Å². The number of allylic oxidation sites excluding steroid dienone is 6. The van der Waals surface area contributed by atoms with Crippen molar-refractivity contribution in [3.63, 3.8) is 0 Å². The molecule has 0 fully saturated rings. The number of phosphoric acid groups is 1. The number of phosphoric ester groups is 1. The predicted molar refractivity (Wildman–Crippen MR) is 170 cm³/mol. The minimum absolute atomic E-state index is 0.104. The standard InChI is InChI=1S/C33H59O8P/c1-3-5-7-9-11-13-15-16-18-20-22-24-26-28-33(35)41-31(30-40-42(36,37)38)29-39-32(34)27-25-23-21-19-17-14-12-10-8-6-4-2/h10,12,16,18,22,24,31H,3-9,11,13-15,17,19-21,23,25-30H2,1-2H3,(H2,36,37,38)/b12-10+,18-16+,24-22+. The Morgan fingerprint density at radius 2 is 1.14 bits per heavy atom. The summed E-state index contributed by atoms with van der Waals surface area (Å²) in [5, 5.41) is 0. The Morgan fingerprint density at radius 3 is 1.76 bits per heavy atom. The van der Waals surface area contributed by atoms with Crippen LogP contribution in [0, 0.1) is 0 Å². The molecule has 0 aromatic heterocycles. The molecule has 0 saturated carbocycles. The first-order chi connectivity index (χ1) is 20.3. The first kappa shape index (κ1) is 40.3. The maximum Gasteiger partial charge on any atom is 0.469 e. The van der Waals surface area contributed by atoms with Gasteiger partial charge in [0.25, 0.3) is 0 Å². The van der Waals surface area contributed by atoms with E-state index in [0.717, 1.165) is 51.4 Å². The lowest BCUT2D eigenvalue weighted by atomic mass is 10.1. The van der Waals surface area contributed by atoms with Crippen LogP contribution in [-0.4, -0.2) is 41.0 Å². The highest BCUT2D eigenvalue weighted by Crippen LogP contribution is 2.35. The second-order valence-electron chi connectivity index (χ2n) is 10.8. The molecule has 42 heavy (non-hydrogen) atoms. The summed E-state index contributed by atoms with van der Waals surface area (Å²) < 4.78 is 26.1. The van der Waals surface area contributed by atoms with Crippen LogP contribution in [0.3, 0.4) is 0 Å². The van der Waals surface area contributed by atoms with Crippen LogP contribution < -0.4 is 0 Å². The van der Waals surface area contributed by atoms with Gasteiger partial charge in [0.2, 0.25) is 0 Å². The largest absolute Gasteiger partial charge is 0.469 e. The molecule has 9 heteroatoms. The van der Waals surface area contributed by atoms with Crippen molar-refractivity contribution in [1.29, 1.82) is 0 Å². The van der Waals surface area contributed by atoms with Gasteiger partial charge in [-0.2, -0.15) is 0 Å². The van der Waals surface area contributed by atoms with Gasteiger partial charge in [-0.3, -0.25) is 14.1 Å². The van der Waals surface area contributed by atoms with Gasteiger partial charge in [0, 0.05) is 12.8 Å². The third-order valence-corrected chi connectivity index (χ3v) is 7.13. The van der Waals surface area contributed by atoms with Gasteiger partial charge in [-0.1, -0.05) is 115 Å². The number of hydrogen-bond acceptors (Lipinski definition) is 6. The molecule has 8 nitrogen and oxygen atoms in total. The lowest BCUT2D eigenvalue weighted by Gasteiger charge is -2.18. The zero-order valence-corrected chi connectivity index (χ0v) is 27.3. The summed E-state index contributed by atoms with van der Waals surface area (Å²) in [6.07, 6.45) is 31.7. The van der Waals surface area contributed by atoms with Crippen molar-refractivity contribution in [2.45, 2.75) is 148 Å². The first-order valence-corrected chi connectivity index (χ1v) is 17.8. The Hall–Kier alpha value is -1.73. The van der Waals surface area contributed by atoms with E-state index in [1.54, 1.807) is 0 Å². The molecule has 0 aromatic carbocycles. The number of carbonyl (C=O) groups is 2. The molecule has 0 aliphatic rings. The second-order valence-corrected chi connectivity index (χ2v) is 12.0. The highest BCUT2D eigenvalue weighted by Gasteiger charge is 2.22. The Bertz CT molecular complexity index is 787. The molecule has 0 bridgehead atoms. The second kappa shape index (κ2) is 29.3.